The van der Waals surface area contributed by atoms with Crippen molar-refractivity contribution in [2.24, 2.45) is 5.41 Å². The Hall–Kier alpha value is -3.04. The van der Waals surface area contributed by atoms with E-state index in [1.807, 2.05) is 13.8 Å². The van der Waals surface area contributed by atoms with E-state index in [-0.39, 0.29) is 25.6 Å². The van der Waals surface area contributed by atoms with E-state index >= 15 is 0 Å². The van der Waals surface area contributed by atoms with Gasteiger partial charge in [-0.2, -0.15) is 12.6 Å². The summed E-state index contributed by atoms with van der Waals surface area (Å²) in [6.45, 7) is 3.80. The minimum atomic E-state index is -0.907. The van der Waals surface area contributed by atoms with Crippen molar-refractivity contribution < 1.29 is 33.7 Å². The van der Waals surface area contributed by atoms with Crippen molar-refractivity contribution in [3.63, 3.8) is 0 Å². The molecule has 0 saturated heterocycles. The molecule has 2 N–H and O–H groups in total. The standard InChI is InChI=1S/C24H29NO7S/c1-24(2,11-13-31-20(27)16-33)21(18-9-6-10-19(15-18)30-14-12-26)32-23(29)25-22(28)17-7-4-3-5-8-17/h3-10,15,21,26,33H,11-14,16H2,1-2H3,(H,25,28,29)/t21-/m0/s1. The Kier molecular flexibility index (Phi) is 10.2. The van der Waals surface area contributed by atoms with Gasteiger partial charge < -0.3 is 19.3 Å². The second-order valence-corrected chi connectivity index (χ2v) is 8.18. The summed E-state index contributed by atoms with van der Waals surface area (Å²) in [6, 6.07) is 15.2. The van der Waals surface area contributed by atoms with Gasteiger partial charge >= 0.3 is 12.1 Å². The second kappa shape index (κ2) is 12.9. The summed E-state index contributed by atoms with van der Waals surface area (Å²) in [5.74, 6) is -0.570. The quantitative estimate of drug-likeness (QED) is 0.337. The summed E-state index contributed by atoms with van der Waals surface area (Å²) in [5.41, 5.74) is 0.265. The highest BCUT2D eigenvalue weighted by Gasteiger charge is 2.35. The number of amides is 2. The molecule has 0 radical (unpaired) electrons. The predicted molar refractivity (Wildman–Crippen MR) is 125 cm³/mol. The fraction of sp³-hybridized carbons (Fsp3) is 0.375. The van der Waals surface area contributed by atoms with Crippen LogP contribution in [-0.4, -0.2) is 48.6 Å². The summed E-state index contributed by atoms with van der Waals surface area (Å²) in [4.78, 5) is 36.4. The monoisotopic (exact) mass is 475 g/mol. The summed E-state index contributed by atoms with van der Waals surface area (Å²) >= 11 is 3.89. The van der Waals surface area contributed by atoms with E-state index in [1.165, 1.54) is 0 Å². The molecule has 0 aromatic heterocycles. The van der Waals surface area contributed by atoms with Gasteiger partial charge in [0.25, 0.3) is 5.91 Å². The van der Waals surface area contributed by atoms with Crippen molar-refractivity contribution >= 4 is 30.6 Å². The molecule has 8 nitrogen and oxygen atoms in total. The van der Waals surface area contributed by atoms with Gasteiger partial charge in [0, 0.05) is 11.0 Å². The molecule has 0 aliphatic carbocycles. The number of carbonyl (C=O) groups excluding carboxylic acids is 3. The molecular formula is C24H29NO7S. The van der Waals surface area contributed by atoms with Crippen LogP contribution in [0.1, 0.15) is 42.3 Å². The number of imide groups is 1. The SMILES string of the molecule is CC(C)(CCOC(=O)CS)[C@@H](OC(=O)NC(=O)c1ccccc1)c1cccc(OCCO)c1. The smallest absolute Gasteiger partial charge is 0.414 e. The fourth-order valence-electron chi connectivity index (χ4n) is 3.11. The molecule has 0 heterocycles. The maximum Gasteiger partial charge on any atom is 0.414 e. The maximum atomic E-state index is 12.6. The molecule has 9 heteroatoms. The Morgan fingerprint density at radius 3 is 2.45 bits per heavy atom. The van der Waals surface area contributed by atoms with Gasteiger partial charge in [-0.15, -0.1) is 0 Å². The van der Waals surface area contributed by atoms with Crippen molar-refractivity contribution in [3.05, 3.63) is 65.7 Å². The van der Waals surface area contributed by atoms with Crippen LogP contribution in [0.2, 0.25) is 0 Å². The lowest BCUT2D eigenvalue weighted by Crippen LogP contribution is -2.36. The van der Waals surface area contributed by atoms with Gasteiger partial charge in [0.2, 0.25) is 0 Å². The summed E-state index contributed by atoms with van der Waals surface area (Å²) in [5, 5.41) is 11.3. The molecule has 2 amide bonds. The molecule has 33 heavy (non-hydrogen) atoms. The molecule has 0 bridgehead atoms. The van der Waals surface area contributed by atoms with Crippen LogP contribution in [-0.2, 0) is 14.3 Å². The number of esters is 1. The van der Waals surface area contributed by atoms with E-state index in [9.17, 15) is 14.4 Å². The van der Waals surface area contributed by atoms with E-state index in [2.05, 4.69) is 17.9 Å². The number of ether oxygens (including phenoxy) is 3. The van der Waals surface area contributed by atoms with Crippen LogP contribution in [0.4, 0.5) is 4.79 Å². The number of hydrogen-bond donors (Lipinski definition) is 3. The molecule has 178 valence electrons. The van der Waals surface area contributed by atoms with E-state index in [0.29, 0.717) is 23.3 Å². The Bertz CT molecular complexity index is 933. The van der Waals surface area contributed by atoms with Crippen molar-refractivity contribution in [2.45, 2.75) is 26.4 Å². The number of aliphatic hydroxyl groups is 1. The highest BCUT2D eigenvalue weighted by molar-refractivity contribution is 7.81. The normalized spacial score (nSPS) is 11.9. The van der Waals surface area contributed by atoms with E-state index in [4.69, 9.17) is 19.3 Å². The maximum absolute atomic E-state index is 12.6. The number of thiol groups is 1. The number of aliphatic hydroxyl groups excluding tert-OH is 1. The lowest BCUT2D eigenvalue weighted by molar-refractivity contribution is -0.141. The minimum absolute atomic E-state index is 0.0331. The van der Waals surface area contributed by atoms with E-state index < -0.39 is 29.5 Å². The average Bonchev–Trinajstić information content (AvgIpc) is 2.81. The first-order valence-corrected chi connectivity index (χ1v) is 11.1. The molecule has 0 spiro atoms. The van der Waals surface area contributed by atoms with Crippen molar-refractivity contribution in [3.8, 4) is 5.75 Å². The number of alkyl carbamates (subject to hydrolysis) is 1. The average molecular weight is 476 g/mol. The molecule has 0 aliphatic heterocycles. The molecule has 0 aliphatic rings. The van der Waals surface area contributed by atoms with Crippen LogP contribution < -0.4 is 10.1 Å². The molecule has 2 aromatic rings. The van der Waals surface area contributed by atoms with Crippen LogP contribution in [0.15, 0.2) is 54.6 Å². The van der Waals surface area contributed by atoms with Gasteiger partial charge in [-0.3, -0.25) is 14.9 Å². The lowest BCUT2D eigenvalue weighted by atomic mass is 9.80. The van der Waals surface area contributed by atoms with Gasteiger partial charge in [0.05, 0.1) is 19.0 Å². The number of hydrogen-bond acceptors (Lipinski definition) is 8. The summed E-state index contributed by atoms with van der Waals surface area (Å²) in [7, 11) is 0. The number of rotatable bonds is 11. The molecule has 0 fully saturated rings. The van der Waals surface area contributed by atoms with Crippen LogP contribution in [0.5, 0.6) is 5.75 Å². The van der Waals surface area contributed by atoms with Crippen molar-refractivity contribution in [1.29, 1.82) is 0 Å². The van der Waals surface area contributed by atoms with Gasteiger partial charge in [-0.25, -0.2) is 4.79 Å². The molecule has 1 atom stereocenters. The molecule has 2 aromatic carbocycles. The zero-order valence-corrected chi connectivity index (χ0v) is 19.5. The molecule has 2 rings (SSSR count). The third-order valence-corrected chi connectivity index (χ3v) is 5.10. The lowest BCUT2D eigenvalue weighted by Gasteiger charge is -2.34. The van der Waals surface area contributed by atoms with Gasteiger partial charge in [-0.1, -0.05) is 44.2 Å². The number of nitrogens with one attached hydrogen (secondary N) is 1. The summed E-state index contributed by atoms with van der Waals surface area (Å²) < 4.78 is 16.3. The second-order valence-electron chi connectivity index (χ2n) is 7.87. The van der Waals surface area contributed by atoms with Crippen LogP contribution in [0, 0.1) is 5.41 Å². The Balaban J connectivity index is 2.21. The van der Waals surface area contributed by atoms with Crippen molar-refractivity contribution in [1.82, 2.24) is 5.32 Å². The first-order chi connectivity index (χ1) is 15.8. The van der Waals surface area contributed by atoms with Gasteiger partial charge in [-0.05, 0) is 36.2 Å². The predicted octanol–water partition coefficient (Wildman–Crippen LogP) is 3.55. The first-order valence-electron chi connectivity index (χ1n) is 10.4. The third kappa shape index (κ3) is 8.43. The van der Waals surface area contributed by atoms with E-state index in [1.54, 1.807) is 54.6 Å². The zero-order chi connectivity index (χ0) is 24.3. The molecular weight excluding hydrogens is 446 g/mol. The zero-order valence-electron chi connectivity index (χ0n) is 18.7. The van der Waals surface area contributed by atoms with Gasteiger partial charge in [0.15, 0.2) is 0 Å². The summed E-state index contributed by atoms with van der Waals surface area (Å²) in [6.07, 6.45) is -1.33. The Morgan fingerprint density at radius 1 is 1.06 bits per heavy atom. The van der Waals surface area contributed by atoms with Gasteiger partial charge in [0.1, 0.15) is 18.5 Å². The largest absolute Gasteiger partial charge is 0.491 e. The highest BCUT2D eigenvalue weighted by Crippen LogP contribution is 2.40. The topological polar surface area (TPSA) is 111 Å². The third-order valence-electron chi connectivity index (χ3n) is 4.85. The number of carbonyl (C=O) groups is 3. The first kappa shape index (κ1) is 26.2. The Morgan fingerprint density at radius 2 is 1.79 bits per heavy atom. The highest BCUT2D eigenvalue weighted by atomic mass is 32.1. The molecule has 0 saturated carbocycles. The minimum Gasteiger partial charge on any atom is -0.491 e. The number of benzene rings is 2. The van der Waals surface area contributed by atoms with Crippen molar-refractivity contribution in [2.75, 3.05) is 25.6 Å². The van der Waals surface area contributed by atoms with E-state index in [0.717, 1.165) is 0 Å². The molecule has 0 unspecified atom stereocenters. The van der Waals surface area contributed by atoms with Crippen LogP contribution in [0.3, 0.4) is 0 Å². The Labute approximate surface area is 198 Å². The fourth-order valence-corrected chi connectivity index (χ4v) is 3.20. The van der Waals surface area contributed by atoms with Crippen LogP contribution in [0.25, 0.3) is 0 Å². The van der Waals surface area contributed by atoms with Crippen LogP contribution >= 0.6 is 12.6 Å².